The normalized spacial score (nSPS) is 8.29. The number of benzene rings is 1. The van der Waals surface area contributed by atoms with Crippen molar-refractivity contribution in [3.8, 4) is 17.9 Å². The minimum Gasteiger partial charge on any atom is -0.258 e. The number of hydrogen-bond donors (Lipinski definition) is 0. The van der Waals surface area contributed by atoms with E-state index in [0.29, 0.717) is 0 Å². The standard InChI is InChI=1S/C9H3FN2O2/c10-8-6-7(2-1-5-11)3-4-9(8)12(13)14/h3-4,6H. The zero-order valence-electron chi connectivity index (χ0n) is 6.82. The predicted molar refractivity (Wildman–Crippen MR) is 45.5 cm³/mol. The maximum Gasteiger partial charge on any atom is 0.304 e. The third kappa shape index (κ3) is 2.05. The van der Waals surface area contributed by atoms with Gasteiger partial charge in [-0.15, -0.1) is 0 Å². The number of hydrogen-bond acceptors (Lipinski definition) is 3. The molecule has 0 bridgehead atoms. The Morgan fingerprint density at radius 2 is 2.21 bits per heavy atom. The second-order valence-corrected chi connectivity index (χ2v) is 2.29. The lowest BCUT2D eigenvalue weighted by Crippen LogP contribution is -1.92. The fraction of sp³-hybridized carbons (Fsp3) is 0. The molecule has 0 radical (unpaired) electrons. The Bertz CT molecular complexity index is 480. The molecule has 0 N–H and O–H groups in total. The van der Waals surface area contributed by atoms with Gasteiger partial charge in [-0.2, -0.15) is 9.65 Å². The summed E-state index contributed by atoms with van der Waals surface area (Å²) in [4.78, 5) is 9.40. The van der Waals surface area contributed by atoms with E-state index in [1.807, 2.05) is 0 Å². The molecule has 68 valence electrons. The molecule has 0 unspecified atom stereocenters. The fourth-order valence-electron chi connectivity index (χ4n) is 0.833. The van der Waals surface area contributed by atoms with Gasteiger partial charge in [-0.1, -0.05) is 5.92 Å². The zero-order chi connectivity index (χ0) is 10.6. The van der Waals surface area contributed by atoms with E-state index in [0.717, 1.165) is 12.1 Å². The van der Waals surface area contributed by atoms with Gasteiger partial charge in [0, 0.05) is 17.6 Å². The molecule has 0 spiro atoms. The summed E-state index contributed by atoms with van der Waals surface area (Å²) in [6.45, 7) is 0. The van der Waals surface area contributed by atoms with Gasteiger partial charge in [-0.3, -0.25) is 10.1 Å². The van der Waals surface area contributed by atoms with Crippen molar-refractivity contribution in [3.63, 3.8) is 0 Å². The molecule has 1 aromatic carbocycles. The first-order chi connectivity index (χ1) is 6.65. The molecular weight excluding hydrogens is 187 g/mol. The third-order valence-corrected chi connectivity index (χ3v) is 1.41. The Morgan fingerprint density at radius 3 is 2.71 bits per heavy atom. The van der Waals surface area contributed by atoms with E-state index < -0.39 is 16.4 Å². The van der Waals surface area contributed by atoms with Crippen molar-refractivity contribution in [1.29, 1.82) is 5.26 Å². The van der Waals surface area contributed by atoms with E-state index >= 15 is 0 Å². The van der Waals surface area contributed by atoms with E-state index in [9.17, 15) is 14.5 Å². The highest BCUT2D eigenvalue weighted by Gasteiger charge is 2.12. The molecule has 0 aromatic heterocycles. The molecule has 5 heteroatoms. The largest absolute Gasteiger partial charge is 0.304 e. The summed E-state index contributed by atoms with van der Waals surface area (Å²) in [5.41, 5.74) is -0.373. The molecule has 1 rings (SSSR count). The van der Waals surface area contributed by atoms with Crippen LogP contribution in [-0.2, 0) is 0 Å². The van der Waals surface area contributed by atoms with Crippen LogP contribution in [0.5, 0.6) is 0 Å². The topological polar surface area (TPSA) is 66.9 Å². The van der Waals surface area contributed by atoms with Gasteiger partial charge in [-0.25, -0.2) is 0 Å². The first-order valence-electron chi connectivity index (χ1n) is 3.49. The highest BCUT2D eigenvalue weighted by atomic mass is 19.1. The van der Waals surface area contributed by atoms with E-state index in [1.54, 1.807) is 6.07 Å². The molecule has 1 aromatic rings. The van der Waals surface area contributed by atoms with Crippen LogP contribution in [-0.4, -0.2) is 4.92 Å². The number of nitrogens with zero attached hydrogens (tertiary/aromatic N) is 2. The van der Waals surface area contributed by atoms with E-state index in [4.69, 9.17) is 5.26 Å². The van der Waals surface area contributed by atoms with Gasteiger partial charge in [0.15, 0.2) is 6.07 Å². The first kappa shape index (κ1) is 9.69. The third-order valence-electron chi connectivity index (χ3n) is 1.41. The lowest BCUT2D eigenvalue weighted by atomic mass is 10.2. The van der Waals surface area contributed by atoms with Crippen molar-refractivity contribution in [2.45, 2.75) is 0 Å². The van der Waals surface area contributed by atoms with Crippen molar-refractivity contribution < 1.29 is 9.31 Å². The first-order valence-corrected chi connectivity index (χ1v) is 3.49. The number of nitriles is 1. The van der Waals surface area contributed by atoms with Crippen LogP contribution < -0.4 is 0 Å². The van der Waals surface area contributed by atoms with Crippen LogP contribution >= 0.6 is 0 Å². The molecule has 0 heterocycles. The average molecular weight is 190 g/mol. The summed E-state index contributed by atoms with van der Waals surface area (Å²) in [6, 6.07) is 4.77. The van der Waals surface area contributed by atoms with Crippen LogP contribution in [0.4, 0.5) is 10.1 Å². The maximum atomic E-state index is 12.9. The lowest BCUT2D eigenvalue weighted by Gasteiger charge is -1.93. The fourth-order valence-corrected chi connectivity index (χ4v) is 0.833. The van der Waals surface area contributed by atoms with Crippen LogP contribution in [0.25, 0.3) is 0 Å². The van der Waals surface area contributed by atoms with Crippen LogP contribution in [0.2, 0.25) is 0 Å². The number of rotatable bonds is 1. The molecule has 0 aliphatic rings. The molecule has 0 saturated carbocycles. The van der Waals surface area contributed by atoms with Crippen LogP contribution in [0, 0.1) is 39.1 Å². The molecular formula is C9H3FN2O2. The highest BCUT2D eigenvalue weighted by Crippen LogP contribution is 2.17. The second-order valence-electron chi connectivity index (χ2n) is 2.29. The van der Waals surface area contributed by atoms with Gasteiger partial charge in [0.2, 0.25) is 5.82 Å². The molecule has 0 aliphatic heterocycles. The summed E-state index contributed by atoms with van der Waals surface area (Å²) in [6.07, 6.45) is 0. The van der Waals surface area contributed by atoms with Crippen molar-refractivity contribution in [2.75, 3.05) is 0 Å². The van der Waals surface area contributed by atoms with Crippen molar-refractivity contribution in [2.24, 2.45) is 0 Å². The summed E-state index contributed by atoms with van der Waals surface area (Å²) in [7, 11) is 0. The van der Waals surface area contributed by atoms with Gasteiger partial charge in [-0.05, 0) is 12.1 Å². The SMILES string of the molecule is N#CC#Cc1ccc([N+](=O)[O-])c(F)c1. The summed E-state index contributed by atoms with van der Waals surface area (Å²) >= 11 is 0. The molecule has 0 fully saturated rings. The number of nitro groups is 1. The summed E-state index contributed by atoms with van der Waals surface area (Å²) in [5.74, 6) is 3.43. The second kappa shape index (κ2) is 4.01. The van der Waals surface area contributed by atoms with Crippen molar-refractivity contribution >= 4 is 5.69 Å². The lowest BCUT2D eigenvalue weighted by molar-refractivity contribution is -0.387. The van der Waals surface area contributed by atoms with Gasteiger partial charge < -0.3 is 0 Å². The van der Waals surface area contributed by atoms with Crippen molar-refractivity contribution in [3.05, 3.63) is 39.7 Å². The molecule has 14 heavy (non-hydrogen) atoms. The quantitative estimate of drug-likeness (QED) is 0.383. The Labute approximate surface area is 78.7 Å². The van der Waals surface area contributed by atoms with E-state index in [-0.39, 0.29) is 5.56 Å². The minimum absolute atomic E-state index is 0.231. The zero-order valence-corrected chi connectivity index (χ0v) is 6.82. The number of nitro benzene ring substituents is 1. The van der Waals surface area contributed by atoms with Crippen molar-refractivity contribution in [1.82, 2.24) is 0 Å². The van der Waals surface area contributed by atoms with Gasteiger partial charge in [0.1, 0.15) is 0 Å². The molecule has 0 atom stereocenters. The van der Waals surface area contributed by atoms with E-state index in [1.165, 1.54) is 6.07 Å². The summed E-state index contributed by atoms with van der Waals surface area (Å²) in [5, 5.41) is 18.3. The predicted octanol–water partition coefficient (Wildman–Crippen LogP) is 1.61. The molecule has 0 aliphatic carbocycles. The van der Waals surface area contributed by atoms with Crippen LogP contribution in [0.15, 0.2) is 18.2 Å². The summed E-state index contributed by atoms with van der Waals surface area (Å²) < 4.78 is 12.9. The maximum absolute atomic E-state index is 12.9. The molecule has 0 saturated heterocycles. The van der Waals surface area contributed by atoms with Crippen LogP contribution in [0.1, 0.15) is 5.56 Å². The monoisotopic (exact) mass is 190 g/mol. The Morgan fingerprint density at radius 1 is 1.50 bits per heavy atom. The van der Waals surface area contributed by atoms with Gasteiger partial charge in [0.05, 0.1) is 4.92 Å². The minimum atomic E-state index is -0.959. The van der Waals surface area contributed by atoms with Gasteiger partial charge in [0.25, 0.3) is 0 Å². The average Bonchev–Trinajstić information content (AvgIpc) is 2.14. The van der Waals surface area contributed by atoms with Crippen LogP contribution in [0.3, 0.4) is 0 Å². The Hall–Kier alpha value is -2.40. The smallest absolute Gasteiger partial charge is 0.258 e. The molecule has 0 amide bonds. The van der Waals surface area contributed by atoms with E-state index in [2.05, 4.69) is 11.8 Å². The molecule has 4 nitrogen and oxygen atoms in total. The Balaban J connectivity index is 3.14. The number of halogens is 1. The van der Waals surface area contributed by atoms with Gasteiger partial charge >= 0.3 is 5.69 Å². The Kier molecular flexibility index (Phi) is 2.78. The highest BCUT2D eigenvalue weighted by molar-refractivity contribution is 5.43.